The van der Waals surface area contributed by atoms with Crippen molar-refractivity contribution < 1.29 is 19.1 Å². The van der Waals surface area contributed by atoms with Gasteiger partial charge in [0.2, 0.25) is 0 Å². The van der Waals surface area contributed by atoms with E-state index >= 15 is 0 Å². The third-order valence-electron chi connectivity index (χ3n) is 3.05. The molecular formula is C16H13BrFNO3. The van der Waals surface area contributed by atoms with Gasteiger partial charge in [0.15, 0.2) is 0 Å². The Kier molecular flexibility index (Phi) is 5.27. The van der Waals surface area contributed by atoms with Crippen molar-refractivity contribution in [2.75, 3.05) is 0 Å². The lowest BCUT2D eigenvalue weighted by atomic mass is 10.1. The molecular weight excluding hydrogens is 353 g/mol. The van der Waals surface area contributed by atoms with E-state index in [1.54, 1.807) is 18.2 Å². The van der Waals surface area contributed by atoms with Crippen LogP contribution in [-0.4, -0.2) is 23.0 Å². The van der Waals surface area contributed by atoms with Gasteiger partial charge in [-0.2, -0.15) is 0 Å². The minimum atomic E-state index is -1.18. The molecule has 0 aliphatic heterocycles. The Hall–Kier alpha value is -2.21. The molecule has 0 unspecified atom stereocenters. The first-order valence-corrected chi connectivity index (χ1v) is 7.29. The number of carbonyl (C=O) groups excluding carboxylic acids is 1. The fourth-order valence-electron chi connectivity index (χ4n) is 1.98. The maximum absolute atomic E-state index is 13.6. The fourth-order valence-corrected chi connectivity index (χ4v) is 2.43. The van der Waals surface area contributed by atoms with Gasteiger partial charge in [-0.1, -0.05) is 40.2 Å². The van der Waals surface area contributed by atoms with Crippen LogP contribution in [0.1, 0.15) is 15.9 Å². The second-order valence-corrected chi connectivity index (χ2v) is 5.59. The van der Waals surface area contributed by atoms with Gasteiger partial charge in [0, 0.05) is 10.9 Å². The van der Waals surface area contributed by atoms with Crippen molar-refractivity contribution in [2.24, 2.45) is 0 Å². The van der Waals surface area contributed by atoms with Crippen molar-refractivity contribution in [1.29, 1.82) is 0 Å². The minimum absolute atomic E-state index is 0.106. The van der Waals surface area contributed by atoms with Gasteiger partial charge in [0.1, 0.15) is 11.9 Å². The highest BCUT2D eigenvalue weighted by molar-refractivity contribution is 9.10. The Labute approximate surface area is 135 Å². The number of nitrogens with one attached hydrogen (secondary N) is 1. The standard InChI is InChI=1S/C16H13BrFNO3/c17-11-5-3-4-10(8-11)9-14(16(21)22)19-15(20)12-6-1-2-7-13(12)18/h1-8,14H,9H2,(H,19,20)(H,21,22)/t14-/m0/s1. The average Bonchev–Trinajstić information content (AvgIpc) is 2.46. The van der Waals surface area contributed by atoms with Crippen LogP contribution in [0.2, 0.25) is 0 Å². The highest BCUT2D eigenvalue weighted by Gasteiger charge is 2.22. The van der Waals surface area contributed by atoms with Gasteiger partial charge in [0.25, 0.3) is 5.91 Å². The highest BCUT2D eigenvalue weighted by atomic mass is 79.9. The van der Waals surface area contributed by atoms with E-state index in [2.05, 4.69) is 21.2 Å². The number of benzene rings is 2. The fraction of sp³-hybridized carbons (Fsp3) is 0.125. The number of carboxylic acid groups (broad SMARTS) is 1. The van der Waals surface area contributed by atoms with Crippen LogP contribution in [0, 0.1) is 5.82 Å². The summed E-state index contributed by atoms with van der Waals surface area (Å²) >= 11 is 3.30. The number of carboxylic acids is 1. The van der Waals surface area contributed by atoms with E-state index in [0.717, 1.165) is 16.1 Å². The first-order valence-electron chi connectivity index (χ1n) is 6.50. The number of hydrogen-bond donors (Lipinski definition) is 2. The van der Waals surface area contributed by atoms with Gasteiger partial charge < -0.3 is 10.4 Å². The number of halogens is 2. The van der Waals surface area contributed by atoms with Crippen molar-refractivity contribution in [3.8, 4) is 0 Å². The molecule has 2 rings (SSSR count). The molecule has 1 atom stereocenters. The van der Waals surface area contributed by atoms with Crippen LogP contribution in [-0.2, 0) is 11.2 Å². The van der Waals surface area contributed by atoms with E-state index in [0.29, 0.717) is 0 Å². The van der Waals surface area contributed by atoms with Gasteiger partial charge >= 0.3 is 5.97 Å². The summed E-state index contributed by atoms with van der Waals surface area (Å²) in [5.74, 6) is -2.61. The zero-order chi connectivity index (χ0) is 16.1. The number of rotatable bonds is 5. The van der Waals surface area contributed by atoms with E-state index in [-0.39, 0.29) is 12.0 Å². The van der Waals surface area contributed by atoms with Crippen molar-refractivity contribution in [3.63, 3.8) is 0 Å². The molecule has 0 bridgehead atoms. The molecule has 0 aliphatic rings. The summed E-state index contributed by atoms with van der Waals surface area (Å²) in [6, 6.07) is 11.4. The van der Waals surface area contributed by atoms with Crippen LogP contribution in [0.15, 0.2) is 53.0 Å². The predicted molar refractivity (Wildman–Crippen MR) is 83.1 cm³/mol. The third-order valence-corrected chi connectivity index (χ3v) is 3.54. The predicted octanol–water partition coefficient (Wildman–Crippen LogP) is 3.01. The summed E-state index contributed by atoms with van der Waals surface area (Å²) in [7, 11) is 0. The summed E-state index contributed by atoms with van der Waals surface area (Å²) in [6.45, 7) is 0. The Bertz CT molecular complexity index is 705. The summed E-state index contributed by atoms with van der Waals surface area (Å²) in [4.78, 5) is 23.3. The summed E-state index contributed by atoms with van der Waals surface area (Å²) < 4.78 is 14.4. The molecule has 0 aromatic heterocycles. The lowest BCUT2D eigenvalue weighted by Crippen LogP contribution is -2.42. The lowest BCUT2D eigenvalue weighted by Gasteiger charge is -2.15. The molecule has 0 radical (unpaired) electrons. The molecule has 2 aromatic carbocycles. The second-order valence-electron chi connectivity index (χ2n) is 4.68. The molecule has 2 N–H and O–H groups in total. The summed E-state index contributed by atoms with van der Waals surface area (Å²) in [6.07, 6.45) is 0.106. The van der Waals surface area contributed by atoms with Gasteiger partial charge in [-0.3, -0.25) is 4.79 Å². The number of amides is 1. The van der Waals surface area contributed by atoms with E-state index in [1.165, 1.54) is 18.2 Å². The Morgan fingerprint density at radius 1 is 1.18 bits per heavy atom. The van der Waals surface area contributed by atoms with Crippen LogP contribution in [0.25, 0.3) is 0 Å². The minimum Gasteiger partial charge on any atom is -0.480 e. The maximum Gasteiger partial charge on any atom is 0.326 e. The lowest BCUT2D eigenvalue weighted by molar-refractivity contribution is -0.139. The number of carbonyl (C=O) groups is 2. The van der Waals surface area contributed by atoms with Gasteiger partial charge in [0.05, 0.1) is 5.56 Å². The van der Waals surface area contributed by atoms with Crippen molar-refractivity contribution in [3.05, 3.63) is 69.9 Å². The van der Waals surface area contributed by atoms with Gasteiger partial charge in [-0.05, 0) is 29.8 Å². The SMILES string of the molecule is O=C(N[C@@H](Cc1cccc(Br)c1)C(=O)O)c1ccccc1F. The van der Waals surface area contributed by atoms with Crippen LogP contribution >= 0.6 is 15.9 Å². The van der Waals surface area contributed by atoms with Crippen molar-refractivity contribution in [1.82, 2.24) is 5.32 Å². The molecule has 0 heterocycles. The Morgan fingerprint density at radius 2 is 1.91 bits per heavy atom. The third kappa shape index (κ3) is 4.14. The molecule has 4 nitrogen and oxygen atoms in total. The molecule has 0 saturated carbocycles. The van der Waals surface area contributed by atoms with E-state index in [9.17, 15) is 19.1 Å². The van der Waals surface area contributed by atoms with E-state index in [4.69, 9.17) is 0 Å². The van der Waals surface area contributed by atoms with E-state index < -0.39 is 23.7 Å². The molecule has 0 aliphatic carbocycles. The molecule has 114 valence electrons. The summed E-state index contributed by atoms with van der Waals surface area (Å²) in [5.41, 5.74) is 0.568. The topological polar surface area (TPSA) is 66.4 Å². The van der Waals surface area contributed by atoms with Gasteiger partial charge in [-0.25, -0.2) is 9.18 Å². The first-order chi connectivity index (χ1) is 10.5. The monoisotopic (exact) mass is 365 g/mol. The van der Waals surface area contributed by atoms with Crippen LogP contribution < -0.4 is 5.32 Å². The normalized spacial score (nSPS) is 11.7. The molecule has 0 fully saturated rings. The van der Waals surface area contributed by atoms with E-state index in [1.807, 2.05) is 6.07 Å². The largest absolute Gasteiger partial charge is 0.480 e. The molecule has 2 aromatic rings. The maximum atomic E-state index is 13.6. The van der Waals surface area contributed by atoms with Gasteiger partial charge in [-0.15, -0.1) is 0 Å². The molecule has 22 heavy (non-hydrogen) atoms. The molecule has 0 spiro atoms. The van der Waals surface area contributed by atoms with Crippen molar-refractivity contribution in [2.45, 2.75) is 12.5 Å². The van der Waals surface area contributed by atoms with Crippen LogP contribution in [0.5, 0.6) is 0 Å². The smallest absolute Gasteiger partial charge is 0.326 e. The van der Waals surface area contributed by atoms with Crippen LogP contribution in [0.4, 0.5) is 4.39 Å². The molecule has 0 saturated heterocycles. The zero-order valence-electron chi connectivity index (χ0n) is 11.4. The Balaban J connectivity index is 2.14. The first kappa shape index (κ1) is 16.2. The second kappa shape index (κ2) is 7.17. The zero-order valence-corrected chi connectivity index (χ0v) is 13.0. The van der Waals surface area contributed by atoms with Crippen LogP contribution in [0.3, 0.4) is 0 Å². The van der Waals surface area contributed by atoms with Crippen molar-refractivity contribution >= 4 is 27.8 Å². The Morgan fingerprint density at radius 3 is 2.55 bits per heavy atom. The quantitative estimate of drug-likeness (QED) is 0.855. The molecule has 1 amide bonds. The summed E-state index contributed by atoms with van der Waals surface area (Å²) in [5, 5.41) is 11.6. The number of hydrogen-bond acceptors (Lipinski definition) is 2. The average molecular weight is 366 g/mol. The number of aliphatic carboxylic acids is 1. The highest BCUT2D eigenvalue weighted by Crippen LogP contribution is 2.14. The molecule has 6 heteroatoms.